The van der Waals surface area contributed by atoms with Gasteiger partial charge in [-0.3, -0.25) is 4.79 Å². The van der Waals surface area contributed by atoms with Crippen molar-refractivity contribution in [1.29, 1.82) is 0 Å². The van der Waals surface area contributed by atoms with Gasteiger partial charge in [-0.1, -0.05) is 0 Å². The fraction of sp³-hybridized carbons (Fsp3) is 0.600. The van der Waals surface area contributed by atoms with Crippen LogP contribution in [0.4, 0.5) is 13.2 Å². The molecule has 0 radical (unpaired) electrons. The van der Waals surface area contributed by atoms with Gasteiger partial charge in [0.1, 0.15) is 22.8 Å². The number of nitrogens with one attached hydrogen (secondary N) is 2. The maximum absolute atomic E-state index is 14.5. The molecule has 164 valence electrons. The number of hydrogen-bond acceptors (Lipinski definition) is 6. The predicted octanol–water partition coefficient (Wildman–Crippen LogP) is 3.10. The summed E-state index contributed by atoms with van der Waals surface area (Å²) < 4.78 is 53.3. The molecule has 0 amide bonds. The minimum absolute atomic E-state index is 0.0930. The fourth-order valence-corrected chi connectivity index (χ4v) is 4.78. The van der Waals surface area contributed by atoms with Gasteiger partial charge in [0.25, 0.3) is 11.5 Å². The van der Waals surface area contributed by atoms with Crippen LogP contribution in [0.3, 0.4) is 0 Å². The number of rotatable bonds is 6. The number of benzene rings is 1. The van der Waals surface area contributed by atoms with Crippen molar-refractivity contribution < 1.29 is 22.6 Å². The Morgan fingerprint density at radius 2 is 2.07 bits per heavy atom. The molecule has 4 rings (SSSR count). The molecule has 6 nitrogen and oxygen atoms in total. The van der Waals surface area contributed by atoms with E-state index in [2.05, 4.69) is 15.3 Å². The first-order valence-electron chi connectivity index (χ1n) is 10.1. The summed E-state index contributed by atoms with van der Waals surface area (Å²) in [5.41, 5.74) is -0.398. The molecule has 0 spiro atoms. The predicted molar refractivity (Wildman–Crippen MR) is 109 cm³/mol. The summed E-state index contributed by atoms with van der Waals surface area (Å²) in [5, 5.41) is 2.93. The van der Waals surface area contributed by atoms with Crippen molar-refractivity contribution in [3.05, 3.63) is 34.1 Å². The standard InChI is InChI=1S/C20H24F3N3O3S/c21-15-7-13(29-9-12-1-4-24-11-20(12,22)23)8-16-18(15)19(27)26-17(25-16)10-30-14-2-5-28-6-3-14/h7-8,12,14,24H,1-6,9-11H2,(H,25,26,27). The number of H-pyrrole nitrogens is 1. The lowest BCUT2D eigenvalue weighted by molar-refractivity contribution is -0.0863. The molecule has 1 atom stereocenters. The van der Waals surface area contributed by atoms with E-state index in [4.69, 9.17) is 9.47 Å². The van der Waals surface area contributed by atoms with Crippen LogP contribution in [0.2, 0.25) is 0 Å². The van der Waals surface area contributed by atoms with Gasteiger partial charge in [0.15, 0.2) is 0 Å². The zero-order chi connectivity index (χ0) is 21.1. The zero-order valence-electron chi connectivity index (χ0n) is 16.4. The van der Waals surface area contributed by atoms with Gasteiger partial charge in [-0.15, -0.1) is 0 Å². The van der Waals surface area contributed by atoms with Crippen LogP contribution in [0.25, 0.3) is 10.9 Å². The maximum atomic E-state index is 14.5. The number of thioether (sulfide) groups is 1. The third-order valence-corrected chi connectivity index (χ3v) is 6.87. The number of aromatic nitrogens is 2. The number of aromatic amines is 1. The minimum Gasteiger partial charge on any atom is -0.493 e. The normalized spacial score (nSPS) is 22.3. The number of piperidine rings is 1. The summed E-state index contributed by atoms with van der Waals surface area (Å²) in [6, 6.07) is 2.49. The molecule has 0 saturated carbocycles. The van der Waals surface area contributed by atoms with Crippen molar-refractivity contribution in [2.45, 2.75) is 36.2 Å². The third-order valence-electron chi connectivity index (χ3n) is 5.49. The second-order valence-corrected chi connectivity index (χ2v) is 8.96. The van der Waals surface area contributed by atoms with Crippen molar-refractivity contribution in [3.8, 4) is 5.75 Å². The minimum atomic E-state index is -2.88. The third kappa shape index (κ3) is 4.92. The van der Waals surface area contributed by atoms with Crippen molar-refractivity contribution in [3.63, 3.8) is 0 Å². The van der Waals surface area contributed by atoms with E-state index < -0.39 is 29.8 Å². The van der Waals surface area contributed by atoms with Gasteiger partial charge in [0, 0.05) is 30.6 Å². The Labute approximate surface area is 175 Å². The summed E-state index contributed by atoms with van der Waals surface area (Å²) in [6.07, 6.45) is 2.15. The Morgan fingerprint density at radius 1 is 1.27 bits per heavy atom. The monoisotopic (exact) mass is 443 g/mol. The van der Waals surface area contributed by atoms with E-state index in [0.29, 0.717) is 23.4 Å². The van der Waals surface area contributed by atoms with Crippen LogP contribution < -0.4 is 15.6 Å². The molecular weight excluding hydrogens is 419 g/mol. The van der Waals surface area contributed by atoms with E-state index in [1.165, 1.54) is 6.07 Å². The molecule has 1 aromatic heterocycles. The summed E-state index contributed by atoms with van der Waals surface area (Å²) in [7, 11) is 0. The van der Waals surface area contributed by atoms with Gasteiger partial charge in [-0.2, -0.15) is 11.8 Å². The molecule has 3 heterocycles. The van der Waals surface area contributed by atoms with Gasteiger partial charge in [0.05, 0.1) is 30.3 Å². The number of alkyl halides is 2. The molecule has 2 saturated heterocycles. The maximum Gasteiger partial charge on any atom is 0.266 e. The highest BCUT2D eigenvalue weighted by Crippen LogP contribution is 2.31. The summed E-state index contributed by atoms with van der Waals surface area (Å²) in [6.45, 7) is 1.32. The molecule has 1 unspecified atom stereocenters. The van der Waals surface area contributed by atoms with Crippen LogP contribution in [-0.2, 0) is 10.5 Å². The average Bonchev–Trinajstić information content (AvgIpc) is 2.71. The molecule has 0 aliphatic carbocycles. The van der Waals surface area contributed by atoms with E-state index >= 15 is 0 Å². The van der Waals surface area contributed by atoms with Crippen molar-refractivity contribution in [2.75, 3.05) is 32.9 Å². The van der Waals surface area contributed by atoms with Gasteiger partial charge >= 0.3 is 0 Å². The molecule has 1 aromatic carbocycles. The average molecular weight is 443 g/mol. The van der Waals surface area contributed by atoms with Crippen LogP contribution in [0.15, 0.2) is 16.9 Å². The lowest BCUT2D eigenvalue weighted by Gasteiger charge is -2.31. The highest BCUT2D eigenvalue weighted by molar-refractivity contribution is 7.99. The van der Waals surface area contributed by atoms with Crippen LogP contribution in [0.1, 0.15) is 25.1 Å². The van der Waals surface area contributed by atoms with Crippen LogP contribution in [0, 0.1) is 11.7 Å². The van der Waals surface area contributed by atoms with E-state index in [1.54, 1.807) is 11.8 Å². The molecule has 2 N–H and O–H groups in total. The SMILES string of the molecule is O=c1[nH]c(CSC2CCOCC2)nc2cc(OCC3CCNCC3(F)F)cc(F)c12. The Kier molecular flexibility index (Phi) is 6.54. The Bertz CT molecular complexity index is 950. The van der Waals surface area contributed by atoms with Crippen molar-refractivity contribution in [1.82, 2.24) is 15.3 Å². The van der Waals surface area contributed by atoms with E-state index in [-0.39, 0.29) is 29.7 Å². The second kappa shape index (κ2) is 9.15. The van der Waals surface area contributed by atoms with Crippen LogP contribution in [-0.4, -0.2) is 54.1 Å². The van der Waals surface area contributed by atoms with Gasteiger partial charge < -0.3 is 19.8 Å². The smallest absolute Gasteiger partial charge is 0.266 e. The Balaban J connectivity index is 1.50. The molecule has 2 aromatic rings. The summed E-state index contributed by atoms with van der Waals surface area (Å²) in [5.74, 6) is -3.57. The van der Waals surface area contributed by atoms with Crippen LogP contribution in [0.5, 0.6) is 5.75 Å². The van der Waals surface area contributed by atoms with Crippen LogP contribution >= 0.6 is 11.8 Å². The molecular formula is C20H24F3N3O3S. The molecule has 2 fully saturated rings. The largest absolute Gasteiger partial charge is 0.493 e. The summed E-state index contributed by atoms with van der Waals surface area (Å²) >= 11 is 1.68. The van der Waals surface area contributed by atoms with E-state index in [0.717, 1.165) is 32.1 Å². The van der Waals surface area contributed by atoms with E-state index in [9.17, 15) is 18.0 Å². The Hall–Kier alpha value is -1.78. The van der Waals surface area contributed by atoms with Crippen molar-refractivity contribution >= 4 is 22.7 Å². The first-order chi connectivity index (χ1) is 14.4. The van der Waals surface area contributed by atoms with Gasteiger partial charge in [-0.05, 0) is 25.8 Å². The first-order valence-corrected chi connectivity index (χ1v) is 11.1. The second-order valence-electron chi connectivity index (χ2n) is 7.67. The van der Waals surface area contributed by atoms with Gasteiger partial charge in [0.2, 0.25) is 0 Å². The lowest BCUT2D eigenvalue weighted by atomic mass is 9.95. The first kappa shape index (κ1) is 21.5. The zero-order valence-corrected chi connectivity index (χ0v) is 17.2. The number of ether oxygens (including phenoxy) is 2. The molecule has 30 heavy (non-hydrogen) atoms. The van der Waals surface area contributed by atoms with Gasteiger partial charge in [-0.25, -0.2) is 18.2 Å². The van der Waals surface area contributed by atoms with E-state index in [1.807, 2.05) is 0 Å². The molecule has 2 aliphatic rings. The topological polar surface area (TPSA) is 76.2 Å². The van der Waals surface area contributed by atoms with Crippen molar-refractivity contribution in [2.24, 2.45) is 5.92 Å². The quantitative estimate of drug-likeness (QED) is 0.715. The molecule has 10 heteroatoms. The fourth-order valence-electron chi connectivity index (χ4n) is 3.73. The number of fused-ring (bicyclic) bond motifs is 1. The molecule has 0 bridgehead atoms. The molecule has 2 aliphatic heterocycles. The highest BCUT2D eigenvalue weighted by atomic mass is 32.2. The lowest BCUT2D eigenvalue weighted by Crippen LogP contribution is -2.48. The summed E-state index contributed by atoms with van der Waals surface area (Å²) in [4.78, 5) is 19.4. The number of nitrogens with zero attached hydrogens (tertiary/aromatic N) is 1. The Morgan fingerprint density at radius 3 is 2.83 bits per heavy atom. The highest BCUT2D eigenvalue weighted by Gasteiger charge is 2.41. The number of hydrogen-bond donors (Lipinski definition) is 2. The number of halogens is 3.